The van der Waals surface area contributed by atoms with E-state index in [4.69, 9.17) is 26.2 Å². The fourth-order valence-electron chi connectivity index (χ4n) is 1.22. The summed E-state index contributed by atoms with van der Waals surface area (Å²) in [5, 5.41) is 8.90. The molecule has 0 saturated heterocycles. The average Bonchev–Trinajstić information content (AvgIpc) is 2.60. The lowest BCUT2D eigenvalue weighted by Gasteiger charge is -2.00. The molecule has 5 heteroatoms. The van der Waals surface area contributed by atoms with E-state index in [1.807, 2.05) is 0 Å². The van der Waals surface area contributed by atoms with Gasteiger partial charge in [-0.1, -0.05) is 11.6 Å². The number of halogens is 1. The molecule has 15 heavy (non-hydrogen) atoms. The van der Waals surface area contributed by atoms with Crippen LogP contribution in [-0.4, -0.2) is 17.9 Å². The van der Waals surface area contributed by atoms with E-state index in [9.17, 15) is 4.79 Å². The van der Waals surface area contributed by atoms with Crippen LogP contribution in [0.3, 0.4) is 0 Å². The van der Waals surface area contributed by atoms with Gasteiger partial charge < -0.3 is 14.6 Å². The predicted molar refractivity (Wildman–Crippen MR) is 54.2 cm³/mol. The number of rotatable bonds is 2. The SMILES string of the molecule is O=C(O)C=Cc1cc2c(cc1Cl)OCO2. The van der Waals surface area contributed by atoms with Crippen LogP contribution in [0, 0.1) is 0 Å². The van der Waals surface area contributed by atoms with E-state index >= 15 is 0 Å². The van der Waals surface area contributed by atoms with Gasteiger partial charge in [0.25, 0.3) is 0 Å². The number of carboxylic acids is 1. The zero-order chi connectivity index (χ0) is 10.8. The molecule has 0 bridgehead atoms. The van der Waals surface area contributed by atoms with Crippen molar-refractivity contribution in [1.29, 1.82) is 0 Å². The lowest BCUT2D eigenvalue weighted by Crippen LogP contribution is -1.92. The third-order valence-corrected chi connectivity index (χ3v) is 2.22. The molecule has 4 nitrogen and oxygen atoms in total. The highest BCUT2D eigenvalue weighted by atomic mass is 35.5. The second-order valence-corrected chi connectivity index (χ2v) is 3.31. The van der Waals surface area contributed by atoms with Crippen molar-refractivity contribution in [3.63, 3.8) is 0 Å². The van der Waals surface area contributed by atoms with Crippen molar-refractivity contribution in [1.82, 2.24) is 0 Å². The van der Waals surface area contributed by atoms with Gasteiger partial charge in [0.15, 0.2) is 11.5 Å². The third kappa shape index (κ3) is 2.05. The smallest absolute Gasteiger partial charge is 0.328 e. The van der Waals surface area contributed by atoms with Crippen LogP contribution in [0.1, 0.15) is 5.56 Å². The normalized spacial score (nSPS) is 13.4. The zero-order valence-corrected chi connectivity index (χ0v) is 8.32. The largest absolute Gasteiger partial charge is 0.478 e. The van der Waals surface area contributed by atoms with Crippen LogP contribution in [0.25, 0.3) is 6.08 Å². The molecule has 0 spiro atoms. The molecule has 1 aliphatic heterocycles. The molecule has 1 aliphatic rings. The monoisotopic (exact) mass is 226 g/mol. The first-order valence-electron chi connectivity index (χ1n) is 4.17. The highest BCUT2D eigenvalue weighted by Crippen LogP contribution is 2.37. The second kappa shape index (κ2) is 3.82. The van der Waals surface area contributed by atoms with Crippen LogP contribution in [0.5, 0.6) is 11.5 Å². The first-order valence-corrected chi connectivity index (χ1v) is 4.55. The first kappa shape index (κ1) is 9.86. The van der Waals surface area contributed by atoms with Crippen LogP contribution in [0.2, 0.25) is 5.02 Å². The van der Waals surface area contributed by atoms with Crippen molar-refractivity contribution in [2.75, 3.05) is 6.79 Å². The quantitative estimate of drug-likeness (QED) is 0.786. The standard InChI is InChI=1S/C10H7ClO4/c11-7-4-9-8(14-5-15-9)3-6(7)1-2-10(12)13/h1-4H,5H2,(H,12,13). The molecular weight excluding hydrogens is 220 g/mol. The van der Waals surface area contributed by atoms with Gasteiger partial charge in [-0.15, -0.1) is 0 Å². The predicted octanol–water partition coefficient (Wildman–Crippen LogP) is 2.17. The van der Waals surface area contributed by atoms with E-state index in [1.165, 1.54) is 6.08 Å². The maximum Gasteiger partial charge on any atom is 0.328 e. The summed E-state index contributed by atoms with van der Waals surface area (Å²) in [6.07, 6.45) is 2.43. The summed E-state index contributed by atoms with van der Waals surface area (Å²) in [5.74, 6) is 0.126. The van der Waals surface area contributed by atoms with Crippen molar-refractivity contribution < 1.29 is 19.4 Å². The Morgan fingerprint density at radius 2 is 2.07 bits per heavy atom. The van der Waals surface area contributed by atoms with Crippen molar-refractivity contribution in [3.05, 3.63) is 28.8 Å². The summed E-state index contributed by atoms with van der Waals surface area (Å²) in [6.45, 7) is 0.164. The molecule has 1 aromatic carbocycles. The van der Waals surface area contributed by atoms with E-state index in [2.05, 4.69) is 0 Å². The van der Waals surface area contributed by atoms with Gasteiger partial charge >= 0.3 is 5.97 Å². The van der Waals surface area contributed by atoms with Gasteiger partial charge in [-0.05, 0) is 17.7 Å². The van der Waals surface area contributed by atoms with Gasteiger partial charge in [0, 0.05) is 12.1 Å². The maximum atomic E-state index is 10.3. The Morgan fingerprint density at radius 3 is 2.73 bits per heavy atom. The highest BCUT2D eigenvalue weighted by molar-refractivity contribution is 6.32. The average molecular weight is 227 g/mol. The zero-order valence-electron chi connectivity index (χ0n) is 7.57. The summed E-state index contributed by atoms with van der Waals surface area (Å²) >= 11 is 5.91. The van der Waals surface area contributed by atoms with E-state index < -0.39 is 5.97 Å². The highest BCUT2D eigenvalue weighted by Gasteiger charge is 2.15. The Kier molecular flexibility index (Phi) is 2.51. The molecular formula is C10H7ClO4. The third-order valence-electron chi connectivity index (χ3n) is 1.90. The Bertz CT molecular complexity index is 439. The summed E-state index contributed by atoms with van der Waals surface area (Å²) in [4.78, 5) is 10.3. The fraction of sp³-hybridized carbons (Fsp3) is 0.100. The van der Waals surface area contributed by atoms with Crippen LogP contribution in [-0.2, 0) is 4.79 Å². The molecule has 1 aromatic rings. The van der Waals surface area contributed by atoms with E-state index in [1.54, 1.807) is 12.1 Å². The Labute approximate surface area is 90.7 Å². The molecule has 0 unspecified atom stereocenters. The number of fused-ring (bicyclic) bond motifs is 1. The molecule has 0 fully saturated rings. The van der Waals surface area contributed by atoms with Gasteiger partial charge in [0.1, 0.15) is 0 Å². The molecule has 0 aromatic heterocycles. The molecule has 0 radical (unpaired) electrons. The number of ether oxygens (including phenoxy) is 2. The van der Waals surface area contributed by atoms with Crippen molar-refractivity contribution in [2.45, 2.75) is 0 Å². The number of carbonyl (C=O) groups is 1. The number of benzene rings is 1. The van der Waals surface area contributed by atoms with Gasteiger partial charge in [-0.25, -0.2) is 4.79 Å². The van der Waals surface area contributed by atoms with Gasteiger partial charge in [0.05, 0.1) is 5.02 Å². The topological polar surface area (TPSA) is 55.8 Å². The van der Waals surface area contributed by atoms with Crippen molar-refractivity contribution >= 4 is 23.6 Å². The minimum atomic E-state index is -1.02. The van der Waals surface area contributed by atoms with Crippen LogP contribution in [0.15, 0.2) is 18.2 Å². The molecule has 0 saturated carbocycles. The van der Waals surface area contributed by atoms with Gasteiger partial charge in [0.2, 0.25) is 6.79 Å². The summed E-state index contributed by atoms with van der Waals surface area (Å²) in [7, 11) is 0. The number of carboxylic acid groups (broad SMARTS) is 1. The minimum absolute atomic E-state index is 0.164. The lowest BCUT2D eigenvalue weighted by molar-refractivity contribution is -0.131. The second-order valence-electron chi connectivity index (χ2n) is 2.90. The molecule has 1 heterocycles. The fourth-order valence-corrected chi connectivity index (χ4v) is 1.44. The minimum Gasteiger partial charge on any atom is -0.478 e. The van der Waals surface area contributed by atoms with Gasteiger partial charge in [-0.2, -0.15) is 0 Å². The van der Waals surface area contributed by atoms with Crippen molar-refractivity contribution in [3.8, 4) is 11.5 Å². The summed E-state index contributed by atoms with van der Waals surface area (Å²) < 4.78 is 10.3. The summed E-state index contributed by atoms with van der Waals surface area (Å²) in [6, 6.07) is 3.25. The number of hydrogen-bond acceptors (Lipinski definition) is 3. The van der Waals surface area contributed by atoms with Crippen LogP contribution >= 0.6 is 11.6 Å². The van der Waals surface area contributed by atoms with Crippen LogP contribution < -0.4 is 9.47 Å². The molecule has 2 rings (SSSR count). The van der Waals surface area contributed by atoms with E-state index in [0.29, 0.717) is 22.1 Å². The molecule has 78 valence electrons. The lowest BCUT2D eigenvalue weighted by atomic mass is 10.2. The van der Waals surface area contributed by atoms with E-state index in [0.717, 1.165) is 6.08 Å². The first-order chi connectivity index (χ1) is 7.16. The number of aliphatic carboxylic acids is 1. The van der Waals surface area contributed by atoms with E-state index in [-0.39, 0.29) is 6.79 Å². The van der Waals surface area contributed by atoms with Crippen LogP contribution in [0.4, 0.5) is 0 Å². The molecule has 1 N–H and O–H groups in total. The molecule has 0 atom stereocenters. The molecule has 0 amide bonds. The maximum absolute atomic E-state index is 10.3. The Hall–Kier alpha value is -1.68. The Morgan fingerprint density at radius 1 is 1.40 bits per heavy atom. The van der Waals surface area contributed by atoms with Crippen molar-refractivity contribution in [2.24, 2.45) is 0 Å². The summed E-state index contributed by atoms with van der Waals surface area (Å²) in [5.41, 5.74) is 0.586. The Balaban J connectivity index is 2.36. The van der Waals surface area contributed by atoms with Gasteiger partial charge in [-0.3, -0.25) is 0 Å². The molecule has 0 aliphatic carbocycles. The number of hydrogen-bond donors (Lipinski definition) is 1.